The van der Waals surface area contributed by atoms with Crippen LogP contribution in [0.3, 0.4) is 0 Å². The third-order valence-corrected chi connectivity index (χ3v) is 4.68. The number of amides is 2. The predicted molar refractivity (Wildman–Crippen MR) is 125 cm³/mol. The van der Waals surface area contributed by atoms with Crippen LogP contribution in [0.15, 0.2) is 30.3 Å². The lowest BCUT2D eigenvalue weighted by molar-refractivity contribution is -0.150. The van der Waals surface area contributed by atoms with Crippen molar-refractivity contribution in [3.05, 3.63) is 35.9 Å². The van der Waals surface area contributed by atoms with Gasteiger partial charge in [0.05, 0.1) is 0 Å². The van der Waals surface area contributed by atoms with Gasteiger partial charge in [0.15, 0.2) is 0 Å². The van der Waals surface area contributed by atoms with Gasteiger partial charge in [0.25, 0.3) is 0 Å². The highest BCUT2D eigenvalue weighted by atomic mass is 16.6. The average Bonchev–Trinajstić information content (AvgIpc) is 2.68. The average molecular weight is 449 g/mol. The maximum atomic E-state index is 13.2. The summed E-state index contributed by atoms with van der Waals surface area (Å²) in [6.07, 6.45) is 0.296. The molecule has 1 aromatic rings. The summed E-state index contributed by atoms with van der Waals surface area (Å²) in [4.78, 5) is 39.9. The summed E-state index contributed by atoms with van der Waals surface area (Å²) in [6.45, 7) is 13.4. The number of hydrogen-bond acceptors (Lipinski definition) is 5. The number of esters is 1. The molecule has 1 N–H and O–H groups in total. The maximum Gasteiger partial charge on any atom is 0.410 e. The molecule has 7 heteroatoms. The Morgan fingerprint density at radius 1 is 0.969 bits per heavy atom. The second-order valence-electron chi connectivity index (χ2n) is 10.0. The van der Waals surface area contributed by atoms with Gasteiger partial charge < -0.3 is 14.8 Å². The van der Waals surface area contributed by atoms with Gasteiger partial charge in [0.1, 0.15) is 24.3 Å². The molecule has 0 aliphatic rings. The van der Waals surface area contributed by atoms with Crippen molar-refractivity contribution in [3.63, 3.8) is 0 Å². The largest absolute Gasteiger partial charge is 0.459 e. The van der Waals surface area contributed by atoms with Crippen LogP contribution in [0.4, 0.5) is 4.79 Å². The molecule has 0 saturated heterocycles. The van der Waals surface area contributed by atoms with Crippen LogP contribution in [-0.4, -0.2) is 47.6 Å². The second-order valence-corrected chi connectivity index (χ2v) is 10.0. The van der Waals surface area contributed by atoms with Crippen LogP contribution < -0.4 is 5.32 Å². The smallest absolute Gasteiger partial charge is 0.410 e. The van der Waals surface area contributed by atoms with Crippen molar-refractivity contribution < 1.29 is 23.9 Å². The molecule has 0 bridgehead atoms. The summed E-state index contributed by atoms with van der Waals surface area (Å²) in [7, 11) is 1.55. The van der Waals surface area contributed by atoms with Crippen molar-refractivity contribution in [1.29, 1.82) is 0 Å². The molecular weight excluding hydrogens is 408 g/mol. The van der Waals surface area contributed by atoms with Gasteiger partial charge in [-0.2, -0.15) is 0 Å². The molecule has 180 valence electrons. The van der Waals surface area contributed by atoms with E-state index >= 15 is 0 Å². The molecule has 0 aliphatic heterocycles. The number of carbonyl (C=O) groups excluding carboxylic acids is 3. The highest BCUT2D eigenvalue weighted by Gasteiger charge is 2.33. The lowest BCUT2D eigenvalue weighted by Crippen LogP contribution is -2.53. The topological polar surface area (TPSA) is 84.9 Å². The lowest BCUT2D eigenvalue weighted by atomic mass is 10.00. The Kier molecular flexibility index (Phi) is 10.7. The summed E-state index contributed by atoms with van der Waals surface area (Å²) in [5.74, 6) is -0.561. The Hall–Kier alpha value is -2.57. The molecule has 2 amide bonds. The van der Waals surface area contributed by atoms with Crippen LogP contribution >= 0.6 is 0 Å². The summed E-state index contributed by atoms with van der Waals surface area (Å²) >= 11 is 0. The van der Waals surface area contributed by atoms with Crippen LogP contribution in [0.2, 0.25) is 0 Å². The molecule has 1 rings (SSSR count). The van der Waals surface area contributed by atoms with E-state index in [4.69, 9.17) is 9.47 Å². The zero-order chi connectivity index (χ0) is 24.5. The molecule has 7 nitrogen and oxygen atoms in total. The van der Waals surface area contributed by atoms with E-state index in [1.165, 1.54) is 4.90 Å². The van der Waals surface area contributed by atoms with E-state index in [1.54, 1.807) is 27.8 Å². The van der Waals surface area contributed by atoms with Gasteiger partial charge in [0, 0.05) is 7.05 Å². The first-order chi connectivity index (χ1) is 14.8. The number of carbonyl (C=O) groups is 3. The normalized spacial score (nSPS) is 13.4. The van der Waals surface area contributed by atoms with Gasteiger partial charge >= 0.3 is 12.1 Å². The van der Waals surface area contributed by atoms with Gasteiger partial charge in [-0.25, -0.2) is 9.59 Å². The first-order valence-electron chi connectivity index (χ1n) is 11.3. The number of nitrogens with one attached hydrogen (secondary N) is 1. The van der Waals surface area contributed by atoms with Crippen molar-refractivity contribution >= 4 is 18.0 Å². The van der Waals surface area contributed by atoms with E-state index in [0.717, 1.165) is 5.56 Å². The van der Waals surface area contributed by atoms with Gasteiger partial charge in [0.2, 0.25) is 5.91 Å². The van der Waals surface area contributed by atoms with Gasteiger partial charge in [-0.15, -0.1) is 0 Å². The van der Waals surface area contributed by atoms with Crippen molar-refractivity contribution in [2.45, 2.75) is 85.6 Å². The highest BCUT2D eigenvalue weighted by Crippen LogP contribution is 2.17. The molecule has 0 fully saturated rings. The second kappa shape index (κ2) is 12.5. The molecule has 1 unspecified atom stereocenters. The molecule has 0 heterocycles. The van der Waals surface area contributed by atoms with Gasteiger partial charge in [-0.3, -0.25) is 9.69 Å². The molecule has 2 atom stereocenters. The molecule has 0 aliphatic carbocycles. The fraction of sp³-hybridized carbons (Fsp3) is 0.640. The number of rotatable bonds is 10. The Bertz CT molecular complexity index is 740. The summed E-state index contributed by atoms with van der Waals surface area (Å²) < 4.78 is 10.9. The van der Waals surface area contributed by atoms with Crippen LogP contribution in [0.25, 0.3) is 0 Å². The first kappa shape index (κ1) is 27.5. The van der Waals surface area contributed by atoms with Crippen LogP contribution in [0.1, 0.15) is 66.9 Å². The third kappa shape index (κ3) is 10.2. The first-order valence-corrected chi connectivity index (χ1v) is 11.3. The number of hydrogen-bond donors (Lipinski definition) is 1. The third-order valence-electron chi connectivity index (χ3n) is 4.68. The van der Waals surface area contributed by atoms with Crippen molar-refractivity contribution in [2.24, 2.45) is 11.8 Å². The fourth-order valence-electron chi connectivity index (χ4n) is 3.13. The summed E-state index contributed by atoms with van der Waals surface area (Å²) in [5, 5.41) is 2.83. The number of likely N-dealkylation sites (N-methyl/N-ethyl adjacent to an activating group) is 1. The van der Waals surface area contributed by atoms with E-state index in [0.29, 0.717) is 12.8 Å². The Morgan fingerprint density at radius 2 is 1.53 bits per heavy atom. The molecular formula is C25H40N2O5. The zero-order valence-electron chi connectivity index (χ0n) is 20.8. The van der Waals surface area contributed by atoms with E-state index in [1.807, 2.05) is 58.0 Å². The van der Waals surface area contributed by atoms with Crippen LogP contribution in [0.5, 0.6) is 0 Å². The highest BCUT2D eigenvalue weighted by molar-refractivity contribution is 5.89. The van der Waals surface area contributed by atoms with Crippen molar-refractivity contribution in [3.8, 4) is 0 Å². The van der Waals surface area contributed by atoms with E-state index in [9.17, 15) is 14.4 Å². The van der Waals surface area contributed by atoms with Crippen molar-refractivity contribution in [1.82, 2.24) is 10.2 Å². The summed E-state index contributed by atoms with van der Waals surface area (Å²) in [6, 6.07) is 7.83. The maximum absolute atomic E-state index is 13.2. The number of nitrogens with zero attached hydrogens (tertiary/aromatic N) is 1. The zero-order valence-corrected chi connectivity index (χ0v) is 20.8. The lowest BCUT2D eigenvalue weighted by Gasteiger charge is -2.32. The number of benzene rings is 1. The minimum atomic E-state index is -0.798. The minimum Gasteiger partial charge on any atom is -0.459 e. The molecule has 0 aromatic heterocycles. The van der Waals surface area contributed by atoms with Crippen molar-refractivity contribution in [2.75, 3.05) is 7.05 Å². The fourth-order valence-corrected chi connectivity index (χ4v) is 3.13. The monoisotopic (exact) mass is 448 g/mol. The van der Waals surface area contributed by atoms with Gasteiger partial charge in [-0.1, -0.05) is 58.0 Å². The quantitative estimate of drug-likeness (QED) is 0.531. The SMILES string of the molecule is CC(C)CC(C(=O)N[C@H](CC(C)C)C(=O)OCc1ccccc1)N(C)C(=O)OC(C)(C)C. The Morgan fingerprint density at radius 3 is 2.03 bits per heavy atom. The Labute approximate surface area is 192 Å². The minimum absolute atomic E-state index is 0.136. The predicted octanol–water partition coefficient (Wildman–Crippen LogP) is 4.54. The Balaban J connectivity index is 2.94. The standard InChI is InChI=1S/C25H40N2O5/c1-17(2)14-20(23(29)31-16-19-12-10-9-11-13-19)26-22(28)21(15-18(3)4)27(8)24(30)32-25(5,6)7/h9-13,17-18,20-21H,14-16H2,1-8H3,(H,26,28)/t20-,21?/m1/s1. The molecule has 1 aromatic carbocycles. The van der Waals surface area contributed by atoms with E-state index in [-0.39, 0.29) is 18.4 Å². The summed E-state index contributed by atoms with van der Waals surface area (Å²) in [5.41, 5.74) is 0.198. The van der Waals surface area contributed by atoms with E-state index < -0.39 is 35.7 Å². The molecule has 32 heavy (non-hydrogen) atoms. The van der Waals surface area contributed by atoms with E-state index in [2.05, 4.69) is 5.32 Å². The van der Waals surface area contributed by atoms with Crippen LogP contribution in [0, 0.1) is 11.8 Å². The molecule has 0 saturated carbocycles. The molecule has 0 radical (unpaired) electrons. The van der Waals surface area contributed by atoms with Crippen LogP contribution in [-0.2, 0) is 25.7 Å². The van der Waals surface area contributed by atoms with Gasteiger partial charge in [-0.05, 0) is 51.0 Å². The molecule has 0 spiro atoms. The number of ether oxygens (including phenoxy) is 2.